The van der Waals surface area contributed by atoms with E-state index in [0.29, 0.717) is 57.4 Å². The highest BCUT2D eigenvalue weighted by Gasteiger charge is 2.37. The molecule has 0 aliphatic rings. The van der Waals surface area contributed by atoms with Crippen molar-refractivity contribution >= 4 is 58.2 Å². The number of amides is 5. The average Bonchev–Trinajstić information content (AvgIpc) is 3.54. The number of esters is 1. The fourth-order valence-electron chi connectivity index (χ4n) is 6.81. The number of aromatic nitrogens is 1. The van der Waals surface area contributed by atoms with Crippen molar-refractivity contribution in [3.05, 3.63) is 36.0 Å². The number of hydrogen-bond donors (Lipinski definition) is 4. The van der Waals surface area contributed by atoms with Crippen molar-refractivity contribution < 1.29 is 33.5 Å². The molecule has 326 valence electrons. The van der Waals surface area contributed by atoms with Gasteiger partial charge in [-0.2, -0.15) is 11.8 Å². The largest absolute Gasteiger partial charge is 0.464 e. The van der Waals surface area contributed by atoms with Crippen molar-refractivity contribution in [2.45, 2.75) is 130 Å². The molecule has 0 unspecified atom stereocenters. The van der Waals surface area contributed by atoms with Gasteiger partial charge in [-0.25, -0.2) is 0 Å². The van der Waals surface area contributed by atoms with E-state index in [-0.39, 0.29) is 47.8 Å². The number of rotatable bonds is 28. The van der Waals surface area contributed by atoms with Gasteiger partial charge in [-0.15, -0.1) is 0 Å². The maximum atomic E-state index is 14.5. The number of nitrogens with zero attached hydrogens (tertiary/aromatic N) is 3. The first-order valence-electron chi connectivity index (χ1n) is 21.0. The summed E-state index contributed by atoms with van der Waals surface area (Å²) >= 11 is 1.40. The van der Waals surface area contributed by atoms with E-state index in [1.54, 1.807) is 28.2 Å². The summed E-state index contributed by atoms with van der Waals surface area (Å²) in [7, 11) is 6.55. The zero-order chi connectivity index (χ0) is 43.2. The molecule has 0 saturated heterocycles. The van der Waals surface area contributed by atoms with Gasteiger partial charge in [0.25, 0.3) is 0 Å². The molecule has 15 heteroatoms. The minimum atomic E-state index is -0.856. The van der Waals surface area contributed by atoms with Gasteiger partial charge >= 0.3 is 5.97 Å². The first-order valence-corrected chi connectivity index (χ1v) is 22.2. The molecule has 0 saturated carbocycles. The predicted octanol–water partition coefficient (Wildman–Crippen LogP) is 4.28. The lowest BCUT2D eigenvalue weighted by Crippen LogP contribution is -2.58. The third kappa shape index (κ3) is 15.9. The Morgan fingerprint density at radius 3 is 2.09 bits per heavy atom. The molecule has 0 bridgehead atoms. The van der Waals surface area contributed by atoms with Crippen LogP contribution in [0.2, 0.25) is 0 Å². The first-order chi connectivity index (χ1) is 27.7. The zero-order valence-corrected chi connectivity index (χ0v) is 37.3. The van der Waals surface area contributed by atoms with Crippen LogP contribution in [0, 0.1) is 5.92 Å². The molecule has 0 radical (unpaired) electrons. The van der Waals surface area contributed by atoms with E-state index in [1.807, 2.05) is 69.6 Å². The van der Waals surface area contributed by atoms with E-state index in [2.05, 4.69) is 21.3 Å². The summed E-state index contributed by atoms with van der Waals surface area (Å²) in [4.78, 5) is 83.3. The van der Waals surface area contributed by atoms with Crippen molar-refractivity contribution in [1.82, 2.24) is 35.6 Å². The lowest BCUT2D eigenvalue weighted by molar-refractivity contribution is -0.149. The lowest BCUT2D eigenvalue weighted by atomic mass is 9.99. The van der Waals surface area contributed by atoms with Crippen LogP contribution in [0.25, 0.3) is 10.9 Å². The lowest BCUT2D eigenvalue weighted by Gasteiger charge is -2.36. The van der Waals surface area contributed by atoms with Gasteiger partial charge in [-0.3, -0.25) is 28.8 Å². The van der Waals surface area contributed by atoms with Gasteiger partial charge < -0.3 is 40.4 Å². The quantitative estimate of drug-likeness (QED) is 0.0723. The number of nitrogens with one attached hydrogen (secondary N) is 4. The second kappa shape index (κ2) is 26.8. The van der Waals surface area contributed by atoms with Crippen molar-refractivity contribution in [2.75, 3.05) is 52.8 Å². The number of likely N-dealkylation sites (N-methyl/N-ethyl adjacent to an activating group) is 3. The van der Waals surface area contributed by atoms with Crippen LogP contribution in [0.1, 0.15) is 98.0 Å². The second-order valence-electron chi connectivity index (χ2n) is 15.3. The van der Waals surface area contributed by atoms with Gasteiger partial charge in [0.1, 0.15) is 24.7 Å². The number of carbonyl (C=O) groups is 6. The standard InChI is InChI=1S/C43H71N7O7S/c1-10-13-19-36(41(54)47-33(25-30(4)5)40(53)46-22-24-58-29-38(51)45-7)48(8)43(56)37(20-14-11-2)49(9)42(55)34(44-6)26-31-27-50(28-39(52)57-23-15-12-3)35-21-17-16-18-32(31)35/h16-18,21,27,30,33-34,36-37,44H,10-15,19-20,22-26,28-29H2,1-9H3,(H,45,51)(H,46,53)(H,47,54)/t33-,34-,36-,37-/m0/s1. The van der Waals surface area contributed by atoms with Gasteiger partial charge in [0, 0.05) is 50.5 Å². The van der Waals surface area contributed by atoms with E-state index in [9.17, 15) is 28.8 Å². The summed E-state index contributed by atoms with van der Waals surface area (Å²) in [6, 6.07) is 4.57. The molecule has 4 N–H and O–H groups in total. The highest BCUT2D eigenvalue weighted by Crippen LogP contribution is 2.24. The number of fused-ring (bicyclic) bond motifs is 1. The Balaban J connectivity index is 2.30. The third-order valence-corrected chi connectivity index (χ3v) is 11.2. The molecule has 0 fully saturated rings. The second-order valence-corrected chi connectivity index (χ2v) is 16.4. The number of hydrogen-bond acceptors (Lipinski definition) is 9. The van der Waals surface area contributed by atoms with Gasteiger partial charge in [0.05, 0.1) is 18.4 Å². The number of unbranched alkanes of at least 4 members (excludes halogenated alkanes) is 3. The molecule has 1 heterocycles. The SMILES string of the molecule is CCCCOC(=O)Cn1cc(C[C@H](NC)C(=O)N(C)[C@@H](CCCC)C(=O)N(C)[C@@H](CCCC)C(=O)N[C@@H](CC(C)C)C(=O)NCCSCC(=O)NC)c2ccccc21. The highest BCUT2D eigenvalue weighted by atomic mass is 32.2. The van der Waals surface area contributed by atoms with E-state index in [0.717, 1.165) is 42.1 Å². The maximum Gasteiger partial charge on any atom is 0.325 e. The fourth-order valence-corrected chi connectivity index (χ4v) is 7.53. The normalized spacial score (nSPS) is 13.3. The third-order valence-electron chi connectivity index (χ3n) is 10.3. The average molecular weight is 830 g/mol. The number of para-hydroxylation sites is 1. The summed E-state index contributed by atoms with van der Waals surface area (Å²) < 4.78 is 7.28. The Bertz CT molecular complexity index is 1620. The molecule has 2 aromatic rings. The molecule has 5 amide bonds. The number of thioether (sulfide) groups is 1. The molecule has 1 aromatic heterocycles. The van der Waals surface area contributed by atoms with Crippen molar-refractivity contribution in [3.63, 3.8) is 0 Å². The smallest absolute Gasteiger partial charge is 0.325 e. The molecule has 0 aliphatic heterocycles. The molecule has 14 nitrogen and oxygen atoms in total. The van der Waals surface area contributed by atoms with Crippen molar-refractivity contribution in [1.29, 1.82) is 0 Å². The zero-order valence-electron chi connectivity index (χ0n) is 36.5. The number of benzene rings is 1. The summed E-state index contributed by atoms with van der Waals surface area (Å²) in [6.07, 6.45) is 8.13. The molecule has 1 aromatic carbocycles. The number of carbonyl (C=O) groups excluding carboxylic acids is 6. The van der Waals surface area contributed by atoms with Crippen molar-refractivity contribution in [3.8, 4) is 0 Å². The van der Waals surface area contributed by atoms with Crippen LogP contribution in [0.4, 0.5) is 0 Å². The molecular formula is C43H71N7O7S. The van der Waals surface area contributed by atoms with Crippen LogP contribution in [0.3, 0.4) is 0 Å². The van der Waals surface area contributed by atoms with E-state index >= 15 is 0 Å². The Morgan fingerprint density at radius 2 is 1.47 bits per heavy atom. The van der Waals surface area contributed by atoms with Crippen LogP contribution in [0.5, 0.6) is 0 Å². The topological polar surface area (TPSA) is 171 Å². The Labute approximate surface area is 350 Å². The maximum absolute atomic E-state index is 14.5. The Hall–Kier alpha value is -4.11. The van der Waals surface area contributed by atoms with Gasteiger partial charge in [-0.1, -0.05) is 84.9 Å². The Kier molecular flexibility index (Phi) is 23.1. The highest BCUT2D eigenvalue weighted by molar-refractivity contribution is 7.99. The van der Waals surface area contributed by atoms with Crippen molar-refractivity contribution in [2.24, 2.45) is 5.92 Å². The van der Waals surface area contributed by atoms with E-state index < -0.39 is 30.1 Å². The molecule has 0 aliphatic carbocycles. The monoisotopic (exact) mass is 830 g/mol. The fraction of sp³-hybridized carbons (Fsp3) is 0.674. The summed E-state index contributed by atoms with van der Waals surface area (Å²) in [5, 5.41) is 12.5. The minimum Gasteiger partial charge on any atom is -0.464 e. The molecular weight excluding hydrogens is 759 g/mol. The minimum absolute atomic E-state index is 0.0530. The predicted molar refractivity (Wildman–Crippen MR) is 232 cm³/mol. The summed E-state index contributed by atoms with van der Waals surface area (Å²) in [5.74, 6) is -0.817. The molecule has 58 heavy (non-hydrogen) atoms. The molecule has 4 atom stereocenters. The summed E-state index contributed by atoms with van der Waals surface area (Å²) in [5.41, 5.74) is 1.74. The molecule has 0 spiro atoms. The van der Waals surface area contributed by atoms with Gasteiger partial charge in [0.2, 0.25) is 29.5 Å². The van der Waals surface area contributed by atoms with Gasteiger partial charge in [-0.05, 0) is 56.7 Å². The van der Waals surface area contributed by atoms with Crippen LogP contribution >= 0.6 is 11.8 Å². The van der Waals surface area contributed by atoms with Crippen LogP contribution in [-0.4, -0.2) is 127 Å². The number of ether oxygens (including phenoxy) is 1. The summed E-state index contributed by atoms with van der Waals surface area (Å²) in [6.45, 7) is 10.8. The molecule has 2 rings (SSSR count). The Morgan fingerprint density at radius 1 is 0.828 bits per heavy atom. The van der Waals surface area contributed by atoms with E-state index in [1.165, 1.54) is 21.6 Å². The van der Waals surface area contributed by atoms with Crippen LogP contribution < -0.4 is 21.3 Å². The first kappa shape index (κ1) is 50.0. The van der Waals surface area contributed by atoms with Gasteiger partial charge in [0.15, 0.2) is 0 Å². The van der Waals surface area contributed by atoms with Crippen LogP contribution in [0.15, 0.2) is 30.5 Å². The van der Waals surface area contributed by atoms with E-state index in [4.69, 9.17) is 4.74 Å². The van der Waals surface area contributed by atoms with Crippen LogP contribution in [-0.2, 0) is 46.5 Å².